The predicted molar refractivity (Wildman–Crippen MR) is 87.1 cm³/mol. The number of hydrogen-bond acceptors (Lipinski definition) is 6. The van der Waals surface area contributed by atoms with E-state index in [4.69, 9.17) is 9.84 Å². The summed E-state index contributed by atoms with van der Waals surface area (Å²) in [6, 6.07) is 13.2. The largest absolute Gasteiger partial charge is 0.482 e. The molecule has 0 fully saturated rings. The van der Waals surface area contributed by atoms with Crippen molar-refractivity contribution in [2.45, 2.75) is 0 Å². The topological polar surface area (TPSA) is 130 Å². The molecule has 0 saturated carbocycles. The lowest BCUT2D eigenvalue weighted by Gasteiger charge is -2.08. The fraction of sp³-hybridized carbons (Fsp3) is 0.0625. The van der Waals surface area contributed by atoms with Gasteiger partial charge in [-0.25, -0.2) is 4.79 Å². The van der Waals surface area contributed by atoms with Crippen LogP contribution in [0.25, 0.3) is 11.4 Å². The van der Waals surface area contributed by atoms with Gasteiger partial charge in [0.05, 0.1) is 0 Å². The van der Waals surface area contributed by atoms with Crippen LogP contribution in [0.1, 0.15) is 10.4 Å². The summed E-state index contributed by atoms with van der Waals surface area (Å²) < 4.78 is 5.06. The Bertz CT molecular complexity index is 878. The number of carbonyl (C=O) groups is 2. The molecule has 0 saturated heterocycles. The van der Waals surface area contributed by atoms with E-state index in [1.54, 1.807) is 42.5 Å². The lowest BCUT2D eigenvalue weighted by molar-refractivity contribution is -0.139. The third-order valence-electron chi connectivity index (χ3n) is 3.20. The molecule has 2 aromatic carbocycles. The number of benzene rings is 2. The van der Waals surface area contributed by atoms with Crippen LogP contribution >= 0.6 is 0 Å². The highest BCUT2D eigenvalue weighted by Gasteiger charge is 2.09. The molecule has 0 bridgehead atoms. The number of aliphatic carboxylic acids is 1. The number of carboxylic acids is 1. The summed E-state index contributed by atoms with van der Waals surface area (Å²) in [5, 5.41) is 25.0. The summed E-state index contributed by atoms with van der Waals surface area (Å²) in [5.41, 5.74) is 1.70. The van der Waals surface area contributed by atoms with Crippen LogP contribution in [0.5, 0.6) is 5.75 Å². The Labute approximate surface area is 141 Å². The van der Waals surface area contributed by atoms with Gasteiger partial charge in [-0.3, -0.25) is 4.79 Å². The number of nitrogens with zero attached hydrogens (tertiary/aromatic N) is 3. The summed E-state index contributed by atoms with van der Waals surface area (Å²) in [7, 11) is 0. The van der Waals surface area contributed by atoms with Crippen LogP contribution in [-0.4, -0.2) is 44.2 Å². The number of carbonyl (C=O) groups excluding carboxylic acids is 1. The van der Waals surface area contributed by atoms with Crippen LogP contribution in [0, 0.1) is 0 Å². The number of rotatable bonds is 6. The molecule has 1 amide bonds. The zero-order chi connectivity index (χ0) is 17.6. The van der Waals surface area contributed by atoms with Gasteiger partial charge in [0.25, 0.3) is 5.91 Å². The molecule has 0 aliphatic heterocycles. The van der Waals surface area contributed by atoms with Crippen LogP contribution in [0.3, 0.4) is 0 Å². The number of tetrazole rings is 1. The fourth-order valence-electron chi connectivity index (χ4n) is 2.06. The van der Waals surface area contributed by atoms with Crippen molar-refractivity contribution in [2.75, 3.05) is 11.9 Å². The maximum Gasteiger partial charge on any atom is 0.341 e. The molecule has 25 heavy (non-hydrogen) atoms. The SMILES string of the molecule is O=C(O)COc1cccc(C(=O)Nc2ccc(-c3nn[nH]n3)cc2)c1. The Morgan fingerprint density at radius 3 is 2.64 bits per heavy atom. The van der Waals surface area contributed by atoms with E-state index in [1.165, 1.54) is 6.07 Å². The molecule has 1 aromatic heterocycles. The minimum atomic E-state index is -1.09. The molecule has 0 aliphatic carbocycles. The van der Waals surface area contributed by atoms with Crippen molar-refractivity contribution in [1.82, 2.24) is 20.6 Å². The number of aromatic amines is 1. The first-order valence-electron chi connectivity index (χ1n) is 7.22. The third-order valence-corrected chi connectivity index (χ3v) is 3.20. The molecule has 0 radical (unpaired) electrons. The molecule has 0 spiro atoms. The zero-order valence-electron chi connectivity index (χ0n) is 12.8. The molecule has 126 valence electrons. The maximum atomic E-state index is 12.3. The first kappa shape index (κ1) is 16.1. The van der Waals surface area contributed by atoms with Gasteiger partial charge >= 0.3 is 5.97 Å². The molecule has 0 unspecified atom stereocenters. The van der Waals surface area contributed by atoms with Crippen molar-refractivity contribution in [2.24, 2.45) is 0 Å². The number of ether oxygens (including phenoxy) is 1. The lowest BCUT2D eigenvalue weighted by Crippen LogP contribution is -2.13. The van der Waals surface area contributed by atoms with E-state index < -0.39 is 12.6 Å². The van der Waals surface area contributed by atoms with Crippen LogP contribution in [-0.2, 0) is 4.79 Å². The van der Waals surface area contributed by atoms with E-state index in [1.807, 2.05) is 0 Å². The van der Waals surface area contributed by atoms with Gasteiger partial charge in [0.1, 0.15) is 5.75 Å². The molecule has 1 heterocycles. The van der Waals surface area contributed by atoms with E-state index in [-0.39, 0.29) is 5.91 Å². The van der Waals surface area contributed by atoms with Crippen molar-refractivity contribution < 1.29 is 19.4 Å². The molecule has 9 heteroatoms. The normalized spacial score (nSPS) is 10.2. The zero-order valence-corrected chi connectivity index (χ0v) is 12.8. The van der Waals surface area contributed by atoms with E-state index in [0.29, 0.717) is 22.8 Å². The summed E-state index contributed by atoms with van der Waals surface area (Å²) in [5.74, 6) is -0.659. The molecule has 0 aliphatic rings. The predicted octanol–water partition coefficient (Wildman–Crippen LogP) is 1.58. The van der Waals surface area contributed by atoms with Crippen LogP contribution < -0.4 is 10.1 Å². The molecule has 0 atom stereocenters. The smallest absolute Gasteiger partial charge is 0.341 e. The van der Waals surface area contributed by atoms with Crippen molar-refractivity contribution in [3.05, 3.63) is 54.1 Å². The van der Waals surface area contributed by atoms with Crippen LogP contribution in [0.2, 0.25) is 0 Å². The molecule has 3 N–H and O–H groups in total. The fourth-order valence-corrected chi connectivity index (χ4v) is 2.06. The van der Waals surface area contributed by atoms with Gasteiger partial charge < -0.3 is 15.2 Å². The Morgan fingerprint density at radius 1 is 1.16 bits per heavy atom. The average Bonchev–Trinajstić information content (AvgIpc) is 3.15. The first-order chi connectivity index (χ1) is 12.1. The average molecular weight is 339 g/mol. The second-order valence-corrected chi connectivity index (χ2v) is 4.98. The second kappa shape index (κ2) is 7.21. The monoisotopic (exact) mass is 339 g/mol. The number of anilines is 1. The lowest BCUT2D eigenvalue weighted by atomic mass is 10.1. The highest BCUT2D eigenvalue weighted by molar-refractivity contribution is 6.04. The van der Waals surface area contributed by atoms with Crippen molar-refractivity contribution in [3.8, 4) is 17.1 Å². The standard InChI is InChI=1S/C16H13N5O4/c22-14(23)9-25-13-3-1-2-11(8-13)16(24)17-12-6-4-10(5-7-12)15-18-20-21-19-15/h1-8H,9H2,(H,17,24)(H,22,23)(H,18,19,20,21). The molecular weight excluding hydrogens is 326 g/mol. The van der Waals surface area contributed by atoms with Crippen molar-refractivity contribution >= 4 is 17.6 Å². The number of hydrogen-bond donors (Lipinski definition) is 3. The number of nitrogens with one attached hydrogen (secondary N) is 2. The van der Waals surface area contributed by atoms with Crippen molar-refractivity contribution in [1.29, 1.82) is 0 Å². The molecule has 3 aromatic rings. The molecule has 9 nitrogen and oxygen atoms in total. The summed E-state index contributed by atoms with van der Waals surface area (Å²) in [6.45, 7) is -0.470. The van der Waals surface area contributed by atoms with Gasteiger partial charge in [-0.15, -0.1) is 10.2 Å². The minimum absolute atomic E-state index is 0.308. The Kier molecular flexibility index (Phi) is 4.65. The van der Waals surface area contributed by atoms with Gasteiger partial charge in [-0.2, -0.15) is 5.21 Å². The quantitative estimate of drug-likeness (QED) is 0.621. The Morgan fingerprint density at radius 2 is 1.96 bits per heavy atom. The highest BCUT2D eigenvalue weighted by Crippen LogP contribution is 2.18. The number of aromatic nitrogens is 4. The Hall–Kier alpha value is -3.75. The van der Waals surface area contributed by atoms with Crippen LogP contribution in [0.15, 0.2) is 48.5 Å². The van der Waals surface area contributed by atoms with Gasteiger partial charge in [-0.1, -0.05) is 6.07 Å². The van der Waals surface area contributed by atoms with E-state index in [0.717, 1.165) is 5.56 Å². The number of carboxylic acid groups (broad SMARTS) is 1. The second-order valence-electron chi connectivity index (χ2n) is 4.98. The first-order valence-corrected chi connectivity index (χ1v) is 7.22. The van der Waals surface area contributed by atoms with Gasteiger partial charge in [-0.05, 0) is 47.7 Å². The van der Waals surface area contributed by atoms with Crippen molar-refractivity contribution in [3.63, 3.8) is 0 Å². The van der Waals surface area contributed by atoms with E-state index in [2.05, 4.69) is 25.9 Å². The highest BCUT2D eigenvalue weighted by atomic mass is 16.5. The number of amides is 1. The van der Waals surface area contributed by atoms with Crippen LogP contribution in [0.4, 0.5) is 5.69 Å². The third kappa shape index (κ3) is 4.16. The van der Waals surface area contributed by atoms with Gasteiger partial charge in [0, 0.05) is 16.8 Å². The van der Waals surface area contributed by atoms with Gasteiger partial charge in [0.15, 0.2) is 6.61 Å². The summed E-state index contributed by atoms with van der Waals surface area (Å²) >= 11 is 0. The molecule has 3 rings (SSSR count). The summed E-state index contributed by atoms with van der Waals surface area (Å²) in [6.07, 6.45) is 0. The van der Waals surface area contributed by atoms with E-state index >= 15 is 0 Å². The van der Waals surface area contributed by atoms with E-state index in [9.17, 15) is 9.59 Å². The summed E-state index contributed by atoms with van der Waals surface area (Å²) in [4.78, 5) is 22.8. The molecular formula is C16H13N5O4. The maximum absolute atomic E-state index is 12.3. The number of H-pyrrole nitrogens is 1. The van der Waals surface area contributed by atoms with Gasteiger partial charge in [0.2, 0.25) is 5.82 Å². The minimum Gasteiger partial charge on any atom is -0.482 e. The Balaban J connectivity index is 1.67.